The van der Waals surface area contributed by atoms with Gasteiger partial charge in [-0.1, -0.05) is 0 Å². The molecule has 0 aromatic carbocycles. The van der Waals surface area contributed by atoms with Crippen LogP contribution in [0.2, 0.25) is 0 Å². The Bertz CT molecular complexity index is 373. The van der Waals surface area contributed by atoms with Gasteiger partial charge in [-0.3, -0.25) is 0 Å². The monoisotopic (exact) mass is 355 g/mol. The zero-order valence-electron chi connectivity index (χ0n) is 16.1. The van der Waals surface area contributed by atoms with Crippen molar-refractivity contribution in [3.63, 3.8) is 0 Å². The fraction of sp³-hybridized carbons (Fsp3) is 1.00. The second-order valence-electron chi connectivity index (χ2n) is 8.63. The normalized spacial score (nSPS) is 27.6. The summed E-state index contributed by atoms with van der Waals surface area (Å²) < 4.78 is 20.0. The average Bonchev–Trinajstić information content (AvgIpc) is 2.63. The molecule has 4 nitrogen and oxygen atoms in total. The standard InChI is InChI=1S/C20H38FN3O/c1-25-15-14-23-10-2-18(3-11-23)16-19-4-12-24(13-5-19)17-20(21)6-8-22-9-7-20/h18-19,22H,2-17H2,1H3. The topological polar surface area (TPSA) is 27.7 Å². The third-order valence-corrected chi connectivity index (χ3v) is 6.70. The summed E-state index contributed by atoms with van der Waals surface area (Å²) in [6.45, 7) is 8.99. The molecule has 0 radical (unpaired) electrons. The molecule has 5 heteroatoms. The van der Waals surface area contributed by atoms with Gasteiger partial charge in [0.2, 0.25) is 0 Å². The first kappa shape index (κ1) is 19.5. The van der Waals surface area contributed by atoms with E-state index in [1.807, 2.05) is 0 Å². The van der Waals surface area contributed by atoms with Crippen LogP contribution in [0.25, 0.3) is 0 Å². The number of likely N-dealkylation sites (tertiary alicyclic amines) is 2. The Hall–Kier alpha value is -0.230. The highest BCUT2D eigenvalue weighted by Crippen LogP contribution is 2.31. The lowest BCUT2D eigenvalue weighted by Crippen LogP contribution is -2.48. The van der Waals surface area contributed by atoms with Gasteiger partial charge < -0.3 is 19.9 Å². The van der Waals surface area contributed by atoms with Crippen LogP contribution in [0.1, 0.15) is 44.9 Å². The number of hydrogen-bond acceptors (Lipinski definition) is 4. The highest BCUT2D eigenvalue weighted by atomic mass is 19.1. The third kappa shape index (κ3) is 6.16. The number of alkyl halides is 1. The molecular weight excluding hydrogens is 317 g/mol. The highest BCUT2D eigenvalue weighted by Gasteiger charge is 2.35. The predicted octanol–water partition coefficient (Wildman–Crippen LogP) is 2.54. The largest absolute Gasteiger partial charge is 0.383 e. The molecule has 0 saturated carbocycles. The highest BCUT2D eigenvalue weighted by molar-refractivity contribution is 4.89. The van der Waals surface area contributed by atoms with Gasteiger partial charge in [0, 0.05) is 20.2 Å². The maximum Gasteiger partial charge on any atom is 0.126 e. The molecule has 0 atom stereocenters. The fourth-order valence-corrected chi connectivity index (χ4v) is 4.95. The molecule has 0 aliphatic carbocycles. The van der Waals surface area contributed by atoms with E-state index in [1.165, 1.54) is 45.2 Å². The van der Waals surface area contributed by atoms with Crippen LogP contribution in [0, 0.1) is 11.8 Å². The van der Waals surface area contributed by atoms with Gasteiger partial charge in [-0.2, -0.15) is 0 Å². The van der Waals surface area contributed by atoms with E-state index in [0.29, 0.717) is 19.4 Å². The Morgan fingerprint density at radius 2 is 1.52 bits per heavy atom. The zero-order valence-corrected chi connectivity index (χ0v) is 16.1. The summed E-state index contributed by atoms with van der Waals surface area (Å²) in [5.74, 6) is 1.78. The van der Waals surface area contributed by atoms with E-state index in [4.69, 9.17) is 4.74 Å². The van der Waals surface area contributed by atoms with Gasteiger partial charge in [0.15, 0.2) is 0 Å². The van der Waals surface area contributed by atoms with E-state index < -0.39 is 5.67 Å². The molecule has 0 spiro atoms. The van der Waals surface area contributed by atoms with Crippen molar-refractivity contribution in [3.05, 3.63) is 0 Å². The summed E-state index contributed by atoms with van der Waals surface area (Å²) in [4.78, 5) is 4.94. The molecule has 3 aliphatic heterocycles. The van der Waals surface area contributed by atoms with Crippen LogP contribution in [0.4, 0.5) is 4.39 Å². The molecule has 3 saturated heterocycles. The van der Waals surface area contributed by atoms with Crippen LogP contribution >= 0.6 is 0 Å². The Morgan fingerprint density at radius 1 is 0.960 bits per heavy atom. The molecule has 3 aliphatic rings. The summed E-state index contributed by atoms with van der Waals surface area (Å²) in [7, 11) is 1.79. The van der Waals surface area contributed by atoms with Crippen molar-refractivity contribution >= 4 is 0 Å². The zero-order chi connectivity index (χ0) is 17.5. The van der Waals surface area contributed by atoms with Crippen molar-refractivity contribution in [2.45, 2.75) is 50.6 Å². The summed E-state index contributed by atoms with van der Waals surface area (Å²) in [6, 6.07) is 0. The summed E-state index contributed by atoms with van der Waals surface area (Å²) in [5, 5.41) is 3.28. The fourth-order valence-electron chi connectivity index (χ4n) is 4.95. The van der Waals surface area contributed by atoms with Crippen LogP contribution in [0.15, 0.2) is 0 Å². The van der Waals surface area contributed by atoms with Gasteiger partial charge >= 0.3 is 0 Å². The Labute approximate surface area is 153 Å². The van der Waals surface area contributed by atoms with E-state index in [-0.39, 0.29) is 0 Å². The van der Waals surface area contributed by atoms with Crippen molar-refractivity contribution < 1.29 is 9.13 Å². The Balaban J connectivity index is 1.32. The Kier molecular flexibility index (Phi) is 7.52. The van der Waals surface area contributed by atoms with Crippen LogP contribution < -0.4 is 5.32 Å². The number of ether oxygens (including phenoxy) is 1. The van der Waals surface area contributed by atoms with Crippen LogP contribution in [-0.2, 0) is 4.74 Å². The first-order valence-electron chi connectivity index (χ1n) is 10.5. The number of methoxy groups -OCH3 is 1. The minimum atomic E-state index is -0.937. The predicted molar refractivity (Wildman–Crippen MR) is 101 cm³/mol. The minimum Gasteiger partial charge on any atom is -0.383 e. The molecule has 0 aromatic rings. The lowest BCUT2D eigenvalue weighted by atomic mass is 9.82. The molecule has 0 bridgehead atoms. The molecule has 25 heavy (non-hydrogen) atoms. The summed E-state index contributed by atoms with van der Waals surface area (Å²) in [6.07, 6.45) is 8.03. The van der Waals surface area contributed by atoms with Gasteiger partial charge in [0.25, 0.3) is 0 Å². The molecule has 1 N–H and O–H groups in total. The lowest BCUT2D eigenvalue weighted by molar-refractivity contribution is 0.0417. The van der Waals surface area contributed by atoms with E-state index in [1.54, 1.807) is 7.11 Å². The summed E-state index contributed by atoms with van der Waals surface area (Å²) in [5.41, 5.74) is -0.937. The second kappa shape index (κ2) is 9.63. The molecule has 146 valence electrons. The molecule has 3 rings (SSSR count). The lowest BCUT2D eigenvalue weighted by Gasteiger charge is -2.40. The molecule has 0 unspecified atom stereocenters. The first-order chi connectivity index (χ1) is 12.2. The number of nitrogens with one attached hydrogen (secondary N) is 1. The second-order valence-corrected chi connectivity index (χ2v) is 8.63. The van der Waals surface area contributed by atoms with E-state index in [2.05, 4.69) is 15.1 Å². The van der Waals surface area contributed by atoms with Gasteiger partial charge in [0.1, 0.15) is 5.67 Å². The van der Waals surface area contributed by atoms with Crippen molar-refractivity contribution in [2.24, 2.45) is 11.8 Å². The SMILES string of the molecule is COCCN1CCC(CC2CCN(CC3(F)CCNCC3)CC2)CC1. The van der Waals surface area contributed by atoms with E-state index in [0.717, 1.165) is 51.2 Å². The minimum absolute atomic E-state index is 0.666. The van der Waals surface area contributed by atoms with Crippen molar-refractivity contribution in [3.8, 4) is 0 Å². The number of piperidine rings is 3. The first-order valence-corrected chi connectivity index (χ1v) is 10.5. The number of nitrogens with zero attached hydrogens (tertiary/aromatic N) is 2. The molecule has 0 amide bonds. The van der Waals surface area contributed by atoms with Crippen molar-refractivity contribution in [1.82, 2.24) is 15.1 Å². The maximum absolute atomic E-state index is 14.9. The third-order valence-electron chi connectivity index (χ3n) is 6.70. The van der Waals surface area contributed by atoms with E-state index >= 15 is 0 Å². The average molecular weight is 356 g/mol. The van der Waals surface area contributed by atoms with Gasteiger partial charge in [0.05, 0.1) is 6.61 Å². The van der Waals surface area contributed by atoms with Crippen LogP contribution in [-0.4, -0.2) is 81.5 Å². The smallest absolute Gasteiger partial charge is 0.126 e. The van der Waals surface area contributed by atoms with E-state index in [9.17, 15) is 4.39 Å². The van der Waals surface area contributed by atoms with Crippen molar-refractivity contribution in [2.75, 3.05) is 66.1 Å². The Morgan fingerprint density at radius 3 is 2.08 bits per heavy atom. The quantitative estimate of drug-likeness (QED) is 0.760. The number of hydrogen-bond donors (Lipinski definition) is 1. The molecule has 3 heterocycles. The van der Waals surface area contributed by atoms with Crippen molar-refractivity contribution in [1.29, 1.82) is 0 Å². The maximum atomic E-state index is 14.9. The number of rotatable bonds is 7. The molecule has 0 aromatic heterocycles. The van der Waals surface area contributed by atoms with Gasteiger partial charge in [-0.25, -0.2) is 4.39 Å². The van der Waals surface area contributed by atoms with Crippen LogP contribution in [0.5, 0.6) is 0 Å². The molecular formula is C20H38FN3O. The van der Waals surface area contributed by atoms with Gasteiger partial charge in [-0.15, -0.1) is 0 Å². The number of halogens is 1. The molecule has 3 fully saturated rings. The van der Waals surface area contributed by atoms with Crippen LogP contribution in [0.3, 0.4) is 0 Å². The summed E-state index contributed by atoms with van der Waals surface area (Å²) >= 11 is 0. The van der Waals surface area contributed by atoms with Gasteiger partial charge in [-0.05, 0) is 96.1 Å².